The molecule has 39 heavy (non-hydrogen) atoms. The molecule has 12 heteroatoms. The second-order valence-corrected chi connectivity index (χ2v) is 8.82. The summed E-state index contributed by atoms with van der Waals surface area (Å²) in [4.78, 5) is 26.0. The van der Waals surface area contributed by atoms with E-state index in [9.17, 15) is 18.0 Å². The molecular formula is C27H19F3N8O. The monoisotopic (exact) mass is 528 g/mol. The van der Waals surface area contributed by atoms with Crippen molar-refractivity contribution in [3.63, 3.8) is 0 Å². The lowest BCUT2D eigenvalue weighted by molar-refractivity contribution is -0.137. The van der Waals surface area contributed by atoms with E-state index in [0.717, 1.165) is 28.6 Å². The molecule has 0 atom stereocenters. The standard InChI is InChI=1S/C27H19F3N8O/c1-15-11-21(35-25-19(3-2-10-31-25)24-20-13-34-36-26(20)33-14-32-24)18-8-9-23(39)38(22(18)12-15)37-17-6-4-16(5-7-17)27(28,29)30/h2-14,37H,1H3,(H,31,35)(H,32,33,34,36). The maximum absolute atomic E-state index is 13.0. The van der Waals surface area contributed by atoms with Crippen molar-refractivity contribution in [1.29, 1.82) is 0 Å². The molecule has 6 rings (SSSR count). The highest BCUT2D eigenvalue weighted by Crippen LogP contribution is 2.34. The Morgan fingerprint density at radius 2 is 1.77 bits per heavy atom. The number of anilines is 3. The highest BCUT2D eigenvalue weighted by atomic mass is 19.4. The number of hydrogen-bond donors (Lipinski definition) is 3. The van der Waals surface area contributed by atoms with Crippen LogP contribution in [-0.2, 0) is 6.18 Å². The van der Waals surface area contributed by atoms with Crippen LogP contribution in [0.2, 0.25) is 0 Å². The predicted octanol–water partition coefficient (Wildman–Crippen LogP) is 5.68. The third-order valence-electron chi connectivity index (χ3n) is 6.17. The van der Waals surface area contributed by atoms with Crippen LogP contribution in [0.1, 0.15) is 11.1 Å². The van der Waals surface area contributed by atoms with Gasteiger partial charge in [-0.2, -0.15) is 18.3 Å². The molecule has 0 unspecified atom stereocenters. The van der Waals surface area contributed by atoms with E-state index in [-0.39, 0.29) is 5.56 Å². The molecule has 0 fully saturated rings. The number of H-pyrrole nitrogens is 1. The first-order valence-electron chi connectivity index (χ1n) is 11.7. The molecule has 0 bridgehead atoms. The zero-order chi connectivity index (χ0) is 27.1. The molecule has 4 heterocycles. The van der Waals surface area contributed by atoms with Crippen molar-refractivity contribution in [2.24, 2.45) is 0 Å². The molecule has 0 amide bonds. The number of aryl methyl sites for hydroxylation is 1. The fourth-order valence-corrected chi connectivity index (χ4v) is 4.37. The number of alkyl halides is 3. The number of nitrogens with zero attached hydrogens (tertiary/aromatic N) is 5. The van der Waals surface area contributed by atoms with E-state index in [0.29, 0.717) is 39.4 Å². The third-order valence-corrected chi connectivity index (χ3v) is 6.17. The molecular weight excluding hydrogens is 509 g/mol. The Hall–Kier alpha value is -5.26. The van der Waals surface area contributed by atoms with Gasteiger partial charge in [-0.1, -0.05) is 0 Å². The van der Waals surface area contributed by atoms with E-state index in [1.807, 2.05) is 25.1 Å². The fourth-order valence-electron chi connectivity index (χ4n) is 4.37. The summed E-state index contributed by atoms with van der Waals surface area (Å²) in [5.74, 6) is 0.527. The molecule has 0 aliphatic carbocycles. The Morgan fingerprint density at radius 3 is 2.56 bits per heavy atom. The smallest absolute Gasteiger partial charge is 0.339 e. The number of rotatable bonds is 5. The van der Waals surface area contributed by atoms with E-state index in [1.165, 1.54) is 29.2 Å². The molecule has 0 spiro atoms. The van der Waals surface area contributed by atoms with Gasteiger partial charge < -0.3 is 5.32 Å². The van der Waals surface area contributed by atoms with E-state index in [4.69, 9.17) is 0 Å². The van der Waals surface area contributed by atoms with E-state index < -0.39 is 11.7 Å². The number of halogens is 3. The SMILES string of the molecule is Cc1cc(Nc2ncccc2-c2ncnc3[nH]ncc23)c2ccc(=O)n(Nc3ccc(C(F)(F)F)cc3)c2c1. The number of pyridine rings is 2. The van der Waals surface area contributed by atoms with E-state index in [2.05, 4.69) is 35.9 Å². The Kier molecular flexibility index (Phi) is 5.71. The highest BCUT2D eigenvalue weighted by molar-refractivity contribution is 5.97. The summed E-state index contributed by atoms with van der Waals surface area (Å²) in [6, 6.07) is 15.0. The average molecular weight is 528 g/mol. The van der Waals surface area contributed by atoms with Gasteiger partial charge in [-0.25, -0.2) is 19.6 Å². The van der Waals surface area contributed by atoms with Crippen molar-refractivity contribution < 1.29 is 13.2 Å². The third kappa shape index (κ3) is 4.52. The summed E-state index contributed by atoms with van der Waals surface area (Å²) in [6.07, 6.45) is 0.293. The van der Waals surface area contributed by atoms with Crippen molar-refractivity contribution in [1.82, 2.24) is 29.8 Å². The molecule has 0 saturated carbocycles. The second-order valence-electron chi connectivity index (χ2n) is 8.82. The largest absolute Gasteiger partial charge is 0.416 e. The van der Waals surface area contributed by atoms with Crippen molar-refractivity contribution >= 4 is 39.1 Å². The lowest BCUT2D eigenvalue weighted by atomic mass is 10.1. The molecule has 6 aromatic rings. The fraction of sp³-hybridized carbons (Fsp3) is 0.0741. The van der Waals surface area contributed by atoms with Crippen molar-refractivity contribution in [3.8, 4) is 11.3 Å². The van der Waals surface area contributed by atoms with Crippen molar-refractivity contribution in [2.45, 2.75) is 13.1 Å². The van der Waals surface area contributed by atoms with Crippen LogP contribution < -0.4 is 16.3 Å². The zero-order valence-electron chi connectivity index (χ0n) is 20.3. The van der Waals surface area contributed by atoms with Gasteiger partial charge in [-0.3, -0.25) is 15.3 Å². The van der Waals surface area contributed by atoms with Crippen LogP contribution in [0.5, 0.6) is 0 Å². The van der Waals surface area contributed by atoms with Gasteiger partial charge in [0.2, 0.25) is 0 Å². The lowest BCUT2D eigenvalue weighted by Gasteiger charge is -2.17. The zero-order valence-corrected chi connectivity index (χ0v) is 20.3. The van der Waals surface area contributed by atoms with Crippen LogP contribution in [0.25, 0.3) is 33.2 Å². The molecule has 0 saturated heterocycles. The normalized spacial score (nSPS) is 11.7. The molecule has 3 N–H and O–H groups in total. The average Bonchev–Trinajstić information content (AvgIpc) is 3.40. The summed E-state index contributed by atoms with van der Waals surface area (Å²) in [5.41, 5.74) is 6.11. The Morgan fingerprint density at radius 1 is 0.949 bits per heavy atom. The van der Waals surface area contributed by atoms with Gasteiger partial charge in [0.15, 0.2) is 5.65 Å². The number of nitrogens with one attached hydrogen (secondary N) is 3. The van der Waals surface area contributed by atoms with Crippen molar-refractivity contribution in [3.05, 3.63) is 101 Å². The number of fused-ring (bicyclic) bond motifs is 2. The van der Waals surface area contributed by atoms with Gasteiger partial charge in [0.05, 0.1) is 34.0 Å². The van der Waals surface area contributed by atoms with Gasteiger partial charge in [-0.15, -0.1) is 0 Å². The summed E-state index contributed by atoms with van der Waals surface area (Å²) in [6.45, 7) is 1.88. The number of benzene rings is 2. The van der Waals surface area contributed by atoms with Crippen LogP contribution in [0.4, 0.5) is 30.4 Å². The molecule has 0 aliphatic heterocycles. The molecule has 0 radical (unpaired) electrons. The van der Waals surface area contributed by atoms with Crippen LogP contribution >= 0.6 is 0 Å². The van der Waals surface area contributed by atoms with Gasteiger partial charge in [0, 0.05) is 28.9 Å². The summed E-state index contributed by atoms with van der Waals surface area (Å²) >= 11 is 0. The molecule has 0 aliphatic rings. The van der Waals surface area contributed by atoms with E-state index >= 15 is 0 Å². The maximum atomic E-state index is 13.0. The Labute approximate surface area is 218 Å². The minimum absolute atomic E-state index is 0.327. The molecule has 9 nitrogen and oxygen atoms in total. The molecule has 4 aromatic heterocycles. The number of aromatic nitrogens is 6. The minimum Gasteiger partial charge on any atom is -0.339 e. The Balaban J connectivity index is 1.43. The van der Waals surface area contributed by atoms with Crippen molar-refractivity contribution in [2.75, 3.05) is 10.7 Å². The van der Waals surface area contributed by atoms with E-state index in [1.54, 1.807) is 24.5 Å². The van der Waals surface area contributed by atoms with Crippen LogP contribution in [-0.4, -0.2) is 29.8 Å². The van der Waals surface area contributed by atoms with Crippen LogP contribution in [0, 0.1) is 6.92 Å². The Bertz CT molecular complexity index is 1890. The summed E-state index contributed by atoms with van der Waals surface area (Å²) in [7, 11) is 0. The lowest BCUT2D eigenvalue weighted by Crippen LogP contribution is -2.26. The molecule has 194 valence electrons. The van der Waals surface area contributed by atoms with Gasteiger partial charge >= 0.3 is 6.18 Å². The highest BCUT2D eigenvalue weighted by Gasteiger charge is 2.30. The summed E-state index contributed by atoms with van der Waals surface area (Å²) in [5, 5.41) is 11.7. The molecule has 2 aromatic carbocycles. The van der Waals surface area contributed by atoms with Gasteiger partial charge in [0.1, 0.15) is 12.1 Å². The number of aromatic amines is 1. The first-order chi connectivity index (χ1) is 18.8. The maximum Gasteiger partial charge on any atom is 0.416 e. The number of hydrogen-bond acceptors (Lipinski definition) is 7. The van der Waals surface area contributed by atoms with Crippen LogP contribution in [0.15, 0.2) is 84.2 Å². The first-order valence-corrected chi connectivity index (χ1v) is 11.7. The predicted molar refractivity (Wildman–Crippen MR) is 142 cm³/mol. The topological polar surface area (TPSA) is 113 Å². The van der Waals surface area contributed by atoms with Gasteiger partial charge in [-0.05, 0) is 67.1 Å². The van der Waals surface area contributed by atoms with Crippen LogP contribution in [0.3, 0.4) is 0 Å². The summed E-state index contributed by atoms with van der Waals surface area (Å²) < 4.78 is 40.3. The first kappa shape index (κ1) is 24.1. The minimum atomic E-state index is -4.45. The second kappa shape index (κ2) is 9.24. The quantitative estimate of drug-likeness (QED) is 0.264. The van der Waals surface area contributed by atoms with Gasteiger partial charge in [0.25, 0.3) is 5.56 Å².